The number of carbonyl (C=O) groups is 2. The van der Waals surface area contributed by atoms with Gasteiger partial charge in [0.2, 0.25) is 5.75 Å². The lowest BCUT2D eigenvalue weighted by Crippen LogP contribution is -2.18. The summed E-state index contributed by atoms with van der Waals surface area (Å²) >= 11 is 0. The Morgan fingerprint density at radius 3 is 1.91 bits per heavy atom. The molecule has 0 spiro atoms. The molecule has 0 saturated heterocycles. The molecule has 182 valence electrons. The lowest BCUT2D eigenvalue weighted by molar-refractivity contribution is 0.0954. The molecule has 0 atom stereocenters. The average Bonchev–Trinajstić information content (AvgIpc) is 2.88. The molecule has 3 aromatic carbocycles. The fourth-order valence-electron chi connectivity index (χ4n) is 3.21. The molecular weight excluding hydrogens is 448 g/mol. The molecule has 0 aromatic heterocycles. The first-order chi connectivity index (χ1) is 16.9. The molecule has 3 aromatic rings. The summed E-state index contributed by atoms with van der Waals surface area (Å²) in [6, 6.07) is 17.3. The van der Waals surface area contributed by atoms with Crippen LogP contribution in [0.2, 0.25) is 0 Å². The van der Waals surface area contributed by atoms with E-state index in [0.29, 0.717) is 34.1 Å². The number of hydrazone groups is 1. The topological polar surface area (TPSA) is 101 Å². The number of ether oxygens (including phenoxy) is 3. The highest BCUT2D eigenvalue weighted by Crippen LogP contribution is 2.38. The Morgan fingerprint density at radius 1 is 0.800 bits per heavy atom. The van der Waals surface area contributed by atoms with E-state index in [1.807, 2.05) is 43.3 Å². The number of hydrogen-bond donors (Lipinski definition) is 2. The minimum Gasteiger partial charge on any atom is -0.493 e. The highest BCUT2D eigenvalue weighted by molar-refractivity contribution is 6.05. The standard InChI is InChI=1S/C26H28N4O5/c1-30(2)21-12-6-17(7-13-21)16-27-29-26(32)18-8-10-20(11-9-18)28-25(31)19-14-22(33-3)24(35-5)23(15-19)34-4/h6-16H,1-5H3,(H,28,31)(H,29,32)/b27-16+. The molecule has 9 heteroatoms. The zero-order valence-electron chi connectivity index (χ0n) is 20.3. The van der Waals surface area contributed by atoms with Crippen LogP contribution in [-0.4, -0.2) is 53.5 Å². The van der Waals surface area contributed by atoms with Gasteiger partial charge in [-0.3, -0.25) is 9.59 Å². The molecule has 0 unspecified atom stereocenters. The summed E-state index contributed by atoms with van der Waals surface area (Å²) in [5.74, 6) is 0.409. The van der Waals surface area contributed by atoms with Crippen LogP contribution in [0.5, 0.6) is 17.2 Å². The molecule has 0 heterocycles. The van der Waals surface area contributed by atoms with Gasteiger partial charge in [-0.2, -0.15) is 5.10 Å². The van der Waals surface area contributed by atoms with Gasteiger partial charge in [-0.05, 0) is 54.1 Å². The maximum atomic E-state index is 12.7. The van der Waals surface area contributed by atoms with Gasteiger partial charge in [-0.15, -0.1) is 0 Å². The summed E-state index contributed by atoms with van der Waals surface area (Å²) in [4.78, 5) is 27.1. The van der Waals surface area contributed by atoms with Gasteiger partial charge in [0, 0.05) is 36.6 Å². The second-order valence-electron chi connectivity index (χ2n) is 7.63. The highest BCUT2D eigenvalue weighted by Gasteiger charge is 2.17. The molecule has 2 amide bonds. The highest BCUT2D eigenvalue weighted by atomic mass is 16.5. The van der Waals surface area contributed by atoms with E-state index in [-0.39, 0.29) is 11.8 Å². The monoisotopic (exact) mass is 476 g/mol. The quantitative estimate of drug-likeness (QED) is 0.360. The van der Waals surface area contributed by atoms with Crippen molar-refractivity contribution in [2.24, 2.45) is 5.10 Å². The third-order valence-electron chi connectivity index (χ3n) is 5.12. The Kier molecular flexibility index (Phi) is 8.29. The number of amides is 2. The predicted molar refractivity (Wildman–Crippen MR) is 136 cm³/mol. The van der Waals surface area contributed by atoms with E-state index in [1.54, 1.807) is 42.6 Å². The van der Waals surface area contributed by atoms with Crippen LogP contribution < -0.4 is 29.9 Å². The number of benzene rings is 3. The Bertz CT molecular complexity index is 1180. The maximum Gasteiger partial charge on any atom is 0.271 e. The lowest BCUT2D eigenvalue weighted by Gasteiger charge is -2.14. The van der Waals surface area contributed by atoms with E-state index in [0.717, 1.165) is 11.3 Å². The van der Waals surface area contributed by atoms with E-state index < -0.39 is 0 Å². The maximum absolute atomic E-state index is 12.7. The smallest absolute Gasteiger partial charge is 0.271 e. The SMILES string of the molecule is COc1cc(C(=O)Nc2ccc(C(=O)N/N=C/c3ccc(N(C)C)cc3)cc2)cc(OC)c1OC. The molecule has 9 nitrogen and oxygen atoms in total. The van der Waals surface area contributed by atoms with Crippen molar-refractivity contribution < 1.29 is 23.8 Å². The average molecular weight is 477 g/mol. The molecule has 3 rings (SSSR count). The molecule has 0 fully saturated rings. The molecule has 0 aliphatic rings. The van der Waals surface area contributed by atoms with Crippen molar-refractivity contribution >= 4 is 29.4 Å². The second kappa shape index (κ2) is 11.6. The van der Waals surface area contributed by atoms with E-state index >= 15 is 0 Å². The molecular formula is C26H28N4O5. The molecule has 35 heavy (non-hydrogen) atoms. The predicted octanol–water partition coefficient (Wildman–Crippen LogP) is 3.79. The summed E-state index contributed by atoms with van der Waals surface area (Å²) in [5, 5.41) is 6.79. The second-order valence-corrected chi connectivity index (χ2v) is 7.63. The van der Waals surface area contributed by atoms with Crippen molar-refractivity contribution in [3.8, 4) is 17.2 Å². The van der Waals surface area contributed by atoms with Gasteiger partial charge in [-0.1, -0.05) is 12.1 Å². The Balaban J connectivity index is 1.62. The molecule has 0 radical (unpaired) electrons. The third kappa shape index (κ3) is 6.29. The van der Waals surface area contributed by atoms with Gasteiger partial charge in [0.15, 0.2) is 11.5 Å². The van der Waals surface area contributed by atoms with Crippen LogP contribution in [0.1, 0.15) is 26.3 Å². The van der Waals surface area contributed by atoms with E-state index in [1.165, 1.54) is 21.3 Å². The van der Waals surface area contributed by atoms with Crippen LogP contribution in [0, 0.1) is 0 Å². The number of rotatable bonds is 9. The minimum absolute atomic E-state index is 0.328. The van der Waals surface area contributed by atoms with Crippen molar-refractivity contribution in [2.45, 2.75) is 0 Å². The van der Waals surface area contributed by atoms with Gasteiger partial charge in [0.05, 0.1) is 27.5 Å². The molecule has 0 aliphatic heterocycles. The van der Waals surface area contributed by atoms with Crippen LogP contribution in [0.4, 0.5) is 11.4 Å². The Morgan fingerprint density at radius 2 is 1.40 bits per heavy atom. The van der Waals surface area contributed by atoms with Gasteiger partial charge >= 0.3 is 0 Å². The van der Waals surface area contributed by atoms with Crippen molar-refractivity contribution in [3.63, 3.8) is 0 Å². The number of carbonyl (C=O) groups excluding carboxylic acids is 2. The van der Waals surface area contributed by atoms with Crippen molar-refractivity contribution in [3.05, 3.63) is 77.4 Å². The normalized spacial score (nSPS) is 10.5. The van der Waals surface area contributed by atoms with E-state index in [4.69, 9.17) is 14.2 Å². The zero-order chi connectivity index (χ0) is 25.4. The Labute approximate surface area is 204 Å². The van der Waals surface area contributed by atoms with Gasteiger partial charge in [-0.25, -0.2) is 5.43 Å². The van der Waals surface area contributed by atoms with Crippen molar-refractivity contribution in [1.29, 1.82) is 0 Å². The third-order valence-corrected chi connectivity index (χ3v) is 5.12. The zero-order valence-corrected chi connectivity index (χ0v) is 20.3. The van der Waals surface area contributed by atoms with Gasteiger partial charge in [0.25, 0.3) is 11.8 Å². The van der Waals surface area contributed by atoms with Crippen LogP contribution in [0.15, 0.2) is 65.8 Å². The van der Waals surface area contributed by atoms with Crippen molar-refractivity contribution in [1.82, 2.24) is 5.43 Å². The summed E-state index contributed by atoms with van der Waals surface area (Å²) in [6.45, 7) is 0. The lowest BCUT2D eigenvalue weighted by atomic mass is 10.1. The summed E-state index contributed by atoms with van der Waals surface area (Å²) < 4.78 is 15.9. The summed E-state index contributed by atoms with van der Waals surface area (Å²) in [5.41, 5.74) is 5.68. The summed E-state index contributed by atoms with van der Waals surface area (Å²) in [6.07, 6.45) is 1.57. The van der Waals surface area contributed by atoms with Crippen LogP contribution >= 0.6 is 0 Å². The molecule has 0 saturated carbocycles. The minimum atomic E-state index is -0.369. The summed E-state index contributed by atoms with van der Waals surface area (Å²) in [7, 11) is 8.38. The number of methoxy groups -OCH3 is 3. The largest absolute Gasteiger partial charge is 0.493 e. The number of nitrogens with one attached hydrogen (secondary N) is 2. The number of nitrogens with zero attached hydrogens (tertiary/aromatic N) is 2. The first-order valence-electron chi connectivity index (χ1n) is 10.7. The van der Waals surface area contributed by atoms with Crippen LogP contribution in [-0.2, 0) is 0 Å². The van der Waals surface area contributed by atoms with E-state index in [9.17, 15) is 9.59 Å². The molecule has 0 aliphatic carbocycles. The van der Waals surface area contributed by atoms with Crippen LogP contribution in [0.25, 0.3) is 0 Å². The number of hydrogen-bond acceptors (Lipinski definition) is 7. The number of anilines is 2. The molecule has 2 N–H and O–H groups in total. The Hall–Kier alpha value is -4.53. The van der Waals surface area contributed by atoms with E-state index in [2.05, 4.69) is 15.8 Å². The fourth-order valence-corrected chi connectivity index (χ4v) is 3.21. The van der Waals surface area contributed by atoms with Gasteiger partial charge < -0.3 is 24.4 Å². The molecule has 0 bridgehead atoms. The van der Waals surface area contributed by atoms with Gasteiger partial charge in [0.1, 0.15) is 0 Å². The first kappa shape index (κ1) is 25.1. The van der Waals surface area contributed by atoms with Crippen LogP contribution in [0.3, 0.4) is 0 Å². The fraction of sp³-hybridized carbons (Fsp3) is 0.192. The first-order valence-corrected chi connectivity index (χ1v) is 10.7. The van der Waals surface area contributed by atoms with Crippen molar-refractivity contribution in [2.75, 3.05) is 45.6 Å².